The molecule has 0 saturated heterocycles. The van der Waals surface area contributed by atoms with Gasteiger partial charge in [0.1, 0.15) is 0 Å². The maximum absolute atomic E-state index is 12.0. The van der Waals surface area contributed by atoms with Crippen molar-refractivity contribution in [3.63, 3.8) is 0 Å². The van der Waals surface area contributed by atoms with Gasteiger partial charge in [-0.2, -0.15) is 5.10 Å². The van der Waals surface area contributed by atoms with Crippen molar-refractivity contribution >= 4 is 40.6 Å². The summed E-state index contributed by atoms with van der Waals surface area (Å²) in [6.45, 7) is 1.51. The third kappa shape index (κ3) is 7.03. The van der Waals surface area contributed by atoms with Crippen LogP contribution in [0.5, 0.6) is 0 Å². The van der Waals surface area contributed by atoms with Crippen LogP contribution in [0, 0.1) is 0 Å². The van der Waals surface area contributed by atoms with Crippen molar-refractivity contribution in [2.45, 2.75) is 25.8 Å². The Morgan fingerprint density at radius 1 is 1.24 bits per heavy atom. The van der Waals surface area contributed by atoms with Crippen LogP contribution in [-0.4, -0.2) is 54.2 Å². The Labute approximate surface area is 171 Å². The summed E-state index contributed by atoms with van der Waals surface area (Å²) in [5.41, 5.74) is 1.06. The molecule has 0 radical (unpaired) electrons. The van der Waals surface area contributed by atoms with Crippen molar-refractivity contribution in [2.24, 2.45) is 5.16 Å². The summed E-state index contributed by atoms with van der Waals surface area (Å²) in [6.07, 6.45) is 2.77. The lowest BCUT2D eigenvalue weighted by Gasteiger charge is -2.15. The van der Waals surface area contributed by atoms with Crippen LogP contribution in [0.4, 0.5) is 5.69 Å². The lowest BCUT2D eigenvalue weighted by Crippen LogP contribution is -2.20. The zero-order valence-electron chi connectivity index (χ0n) is 16.3. The summed E-state index contributed by atoms with van der Waals surface area (Å²) in [5.74, 6) is -1.41. The lowest BCUT2D eigenvalue weighted by atomic mass is 10.1. The van der Waals surface area contributed by atoms with Gasteiger partial charge in [-0.15, -0.1) is 11.3 Å². The number of esters is 2. The maximum atomic E-state index is 12.0. The molecule has 0 spiro atoms. The van der Waals surface area contributed by atoms with E-state index in [4.69, 9.17) is 4.84 Å². The summed E-state index contributed by atoms with van der Waals surface area (Å²) in [6, 6.07) is 3.20. The molecular weight excluding hydrogens is 400 g/mol. The van der Waals surface area contributed by atoms with Crippen molar-refractivity contribution in [2.75, 3.05) is 26.1 Å². The number of hydrogen-bond donors (Lipinski definition) is 1. The molecule has 0 aromatic carbocycles. The fraction of sp³-hybridized carbons (Fsp3) is 0.389. The van der Waals surface area contributed by atoms with Crippen molar-refractivity contribution in [1.82, 2.24) is 9.78 Å². The highest BCUT2D eigenvalue weighted by Gasteiger charge is 2.21. The smallest absolute Gasteiger partial charge is 0.307 e. The molecule has 0 unspecified atom stereocenters. The van der Waals surface area contributed by atoms with Crippen LogP contribution in [0.3, 0.4) is 0 Å². The van der Waals surface area contributed by atoms with Gasteiger partial charge in [-0.1, -0.05) is 11.2 Å². The van der Waals surface area contributed by atoms with E-state index in [9.17, 15) is 14.4 Å². The fourth-order valence-corrected chi connectivity index (χ4v) is 3.00. The molecule has 1 N–H and O–H groups in total. The molecule has 1 amide bonds. The molecule has 29 heavy (non-hydrogen) atoms. The maximum Gasteiger partial charge on any atom is 0.307 e. The van der Waals surface area contributed by atoms with E-state index in [1.807, 2.05) is 17.5 Å². The second kappa shape index (κ2) is 11.0. The number of ether oxygens (including phenoxy) is 2. The number of anilines is 1. The van der Waals surface area contributed by atoms with E-state index in [-0.39, 0.29) is 19.4 Å². The molecule has 0 aliphatic rings. The van der Waals surface area contributed by atoms with Crippen LogP contribution in [0.1, 0.15) is 30.7 Å². The van der Waals surface area contributed by atoms with E-state index < -0.39 is 23.9 Å². The van der Waals surface area contributed by atoms with Gasteiger partial charge >= 0.3 is 11.9 Å². The van der Waals surface area contributed by atoms with Crippen molar-refractivity contribution in [3.05, 3.63) is 34.8 Å². The summed E-state index contributed by atoms with van der Waals surface area (Å²) < 4.78 is 10.7. The first-order chi connectivity index (χ1) is 13.9. The van der Waals surface area contributed by atoms with Gasteiger partial charge in [0.15, 0.2) is 6.61 Å². The third-order valence-corrected chi connectivity index (χ3v) is 4.77. The zero-order chi connectivity index (χ0) is 21.2. The van der Waals surface area contributed by atoms with Crippen LogP contribution >= 0.6 is 11.3 Å². The number of oxime groups is 1. The molecule has 2 aromatic rings. The van der Waals surface area contributed by atoms with E-state index in [1.54, 1.807) is 6.92 Å². The second-order valence-electron chi connectivity index (χ2n) is 5.90. The van der Waals surface area contributed by atoms with Crippen LogP contribution in [0.2, 0.25) is 0 Å². The lowest BCUT2D eigenvalue weighted by molar-refractivity contribution is -0.144. The standard InChI is InChI=1S/C18H22N4O6S/c1-12(15-5-4-6-29-15)21-28-11-16(23)20-13-9-19-22(10-13)14(7-17(24)26-2)8-18(25)27-3/h4-6,9-10,14H,7-8,11H2,1-3H3,(H,20,23)/b21-12-. The van der Waals surface area contributed by atoms with E-state index >= 15 is 0 Å². The highest BCUT2D eigenvalue weighted by molar-refractivity contribution is 7.12. The van der Waals surface area contributed by atoms with E-state index in [0.29, 0.717) is 11.4 Å². The van der Waals surface area contributed by atoms with Gasteiger partial charge in [0.2, 0.25) is 0 Å². The molecule has 2 heterocycles. The molecule has 0 fully saturated rings. The normalized spacial score (nSPS) is 11.2. The first kappa shape index (κ1) is 22.1. The van der Waals surface area contributed by atoms with Gasteiger partial charge in [0.05, 0.1) is 55.6 Å². The molecule has 0 aliphatic heterocycles. The van der Waals surface area contributed by atoms with E-state index in [1.165, 1.54) is 42.6 Å². The molecule has 10 nitrogen and oxygen atoms in total. The summed E-state index contributed by atoms with van der Waals surface area (Å²) in [5, 5.41) is 12.6. The number of thiophene rings is 1. The second-order valence-corrected chi connectivity index (χ2v) is 6.85. The zero-order valence-corrected chi connectivity index (χ0v) is 17.1. The topological polar surface area (TPSA) is 121 Å². The summed E-state index contributed by atoms with van der Waals surface area (Å²) in [4.78, 5) is 41.2. The van der Waals surface area contributed by atoms with Crippen molar-refractivity contribution in [3.8, 4) is 0 Å². The van der Waals surface area contributed by atoms with Gasteiger partial charge < -0.3 is 19.6 Å². The minimum Gasteiger partial charge on any atom is -0.469 e. The molecule has 2 aromatic heterocycles. The largest absolute Gasteiger partial charge is 0.469 e. The minimum atomic E-state index is -0.602. The number of aromatic nitrogens is 2. The summed E-state index contributed by atoms with van der Waals surface area (Å²) in [7, 11) is 2.52. The van der Waals surface area contributed by atoms with Gasteiger partial charge in [0, 0.05) is 6.20 Å². The fourth-order valence-electron chi connectivity index (χ4n) is 2.33. The first-order valence-electron chi connectivity index (χ1n) is 8.61. The number of nitrogens with one attached hydrogen (secondary N) is 1. The van der Waals surface area contributed by atoms with Crippen molar-refractivity contribution in [1.29, 1.82) is 0 Å². The summed E-state index contributed by atoms with van der Waals surface area (Å²) >= 11 is 1.52. The SMILES string of the molecule is COC(=O)CC(CC(=O)OC)n1cc(NC(=O)CO/N=C(/C)c2cccs2)cn1. The minimum absolute atomic E-state index is 0.0690. The number of carbonyl (C=O) groups excluding carboxylic acids is 3. The number of nitrogens with zero attached hydrogens (tertiary/aromatic N) is 3. The Morgan fingerprint density at radius 3 is 2.52 bits per heavy atom. The molecule has 0 bridgehead atoms. The van der Waals surface area contributed by atoms with Crippen molar-refractivity contribution < 1.29 is 28.7 Å². The number of carbonyl (C=O) groups is 3. The Bertz CT molecular complexity index is 844. The first-order valence-corrected chi connectivity index (χ1v) is 9.49. The van der Waals surface area contributed by atoms with Gasteiger partial charge in [0.25, 0.3) is 5.91 Å². The number of methoxy groups -OCH3 is 2. The van der Waals surface area contributed by atoms with E-state index in [2.05, 4.69) is 25.0 Å². The molecule has 0 saturated carbocycles. The van der Waals surface area contributed by atoms with Gasteiger partial charge in [-0.05, 0) is 18.4 Å². The average Bonchev–Trinajstić information content (AvgIpc) is 3.39. The quantitative estimate of drug-likeness (QED) is 0.353. The predicted octanol–water partition coefficient (Wildman–Crippen LogP) is 1.99. The molecule has 11 heteroatoms. The van der Waals surface area contributed by atoms with Gasteiger partial charge in [-0.3, -0.25) is 19.1 Å². The highest BCUT2D eigenvalue weighted by Crippen LogP contribution is 2.19. The Balaban J connectivity index is 1.92. The number of amides is 1. The Kier molecular flexibility index (Phi) is 8.34. The van der Waals surface area contributed by atoms with Gasteiger partial charge in [-0.25, -0.2) is 0 Å². The molecule has 0 aliphatic carbocycles. The number of rotatable bonds is 10. The van der Waals surface area contributed by atoms with Crippen LogP contribution in [0.15, 0.2) is 35.1 Å². The molecule has 2 rings (SSSR count). The highest BCUT2D eigenvalue weighted by atomic mass is 32.1. The Morgan fingerprint density at radius 2 is 1.93 bits per heavy atom. The molecule has 0 atom stereocenters. The van der Waals surface area contributed by atoms with Crippen LogP contribution in [0.25, 0.3) is 0 Å². The monoisotopic (exact) mass is 422 g/mol. The van der Waals surface area contributed by atoms with Crippen LogP contribution < -0.4 is 5.32 Å². The van der Waals surface area contributed by atoms with E-state index in [0.717, 1.165) is 4.88 Å². The molecule has 156 valence electrons. The van der Waals surface area contributed by atoms with Crippen LogP contribution in [-0.2, 0) is 28.7 Å². The predicted molar refractivity (Wildman–Crippen MR) is 106 cm³/mol. The third-order valence-electron chi connectivity index (χ3n) is 3.79. The average molecular weight is 422 g/mol. The molecular formula is C18H22N4O6S. The Hall–Kier alpha value is -3.21. The number of hydrogen-bond acceptors (Lipinski definition) is 9.